The molecule has 0 unspecified atom stereocenters. The first-order valence-electron chi connectivity index (χ1n) is 3.08. The Morgan fingerprint density at radius 3 is 2.00 bits per heavy atom. The molecule has 0 saturated heterocycles. The van der Waals surface area contributed by atoms with Crippen LogP contribution >= 0.6 is 0 Å². The fraction of sp³-hybridized carbons (Fsp3) is 0.429. The molecule has 0 rings (SSSR count). The predicted octanol–water partition coefficient (Wildman–Crippen LogP) is 1.89. The minimum atomic E-state index is -4.48. The highest BCUT2D eigenvalue weighted by Gasteiger charge is 2.31. The van der Waals surface area contributed by atoms with E-state index in [9.17, 15) is 13.2 Å². The number of nitriles is 2. The van der Waals surface area contributed by atoms with E-state index >= 15 is 0 Å². The van der Waals surface area contributed by atoms with Crippen molar-refractivity contribution in [3.8, 4) is 12.1 Å². The molecule has 0 heterocycles. The minimum Gasteiger partial charge on any atom is -0.499 e. The number of allylic oxidation sites excluding steroid dienone is 2. The predicted molar refractivity (Wildman–Crippen MR) is 35.9 cm³/mol. The third kappa shape index (κ3) is 4.02. The summed E-state index contributed by atoms with van der Waals surface area (Å²) in [6, 6.07) is 2.64. The number of rotatable bonds is 2. The Morgan fingerprint density at radius 1 is 1.31 bits per heavy atom. The van der Waals surface area contributed by atoms with E-state index < -0.39 is 23.9 Å². The largest absolute Gasteiger partial charge is 0.499 e. The van der Waals surface area contributed by atoms with E-state index in [1.165, 1.54) is 12.1 Å². The van der Waals surface area contributed by atoms with E-state index in [4.69, 9.17) is 10.5 Å². The number of halogens is 3. The topological polar surface area (TPSA) is 56.8 Å². The van der Waals surface area contributed by atoms with Crippen LogP contribution < -0.4 is 0 Å². The zero-order valence-corrected chi connectivity index (χ0v) is 6.64. The smallest absolute Gasteiger partial charge is 0.396 e. The zero-order chi connectivity index (χ0) is 10.5. The number of nitrogens with zero attached hydrogens (tertiary/aromatic N) is 2. The lowest BCUT2D eigenvalue weighted by atomic mass is 10.2. The van der Waals surface area contributed by atoms with Crippen LogP contribution in [0.2, 0.25) is 0 Å². The molecule has 0 bridgehead atoms. The van der Waals surface area contributed by atoms with E-state index in [1.54, 1.807) is 0 Å². The Bertz CT molecular complexity index is 276. The molecule has 0 aliphatic heterocycles. The maximum Gasteiger partial charge on any atom is 0.396 e. The first-order chi connectivity index (χ1) is 5.94. The van der Waals surface area contributed by atoms with Gasteiger partial charge < -0.3 is 4.74 Å². The van der Waals surface area contributed by atoms with E-state index in [0.717, 1.165) is 7.11 Å². The highest BCUT2D eigenvalue weighted by Crippen LogP contribution is 2.26. The summed E-state index contributed by atoms with van der Waals surface area (Å²) < 4.78 is 39.7. The minimum absolute atomic E-state index is 0.653. The van der Waals surface area contributed by atoms with Gasteiger partial charge in [-0.2, -0.15) is 23.7 Å². The van der Waals surface area contributed by atoms with Gasteiger partial charge in [0, 0.05) is 0 Å². The fourth-order valence-electron chi connectivity index (χ4n) is 0.594. The maximum atomic E-state index is 11.8. The van der Waals surface area contributed by atoms with Crippen molar-refractivity contribution in [1.82, 2.24) is 0 Å². The molecule has 6 heteroatoms. The number of methoxy groups -OCH3 is 1. The van der Waals surface area contributed by atoms with Crippen LogP contribution in [0, 0.1) is 22.7 Å². The van der Waals surface area contributed by atoms with Gasteiger partial charge in [0.25, 0.3) is 0 Å². The molecule has 0 saturated carbocycles. The highest BCUT2D eigenvalue weighted by atomic mass is 19.4. The van der Waals surface area contributed by atoms with Crippen molar-refractivity contribution in [3.63, 3.8) is 0 Å². The molecule has 0 N–H and O–H groups in total. The SMILES string of the molecule is COC(CC(F)(F)F)=C(C#N)C#N. The van der Waals surface area contributed by atoms with E-state index in [2.05, 4.69) is 4.74 Å². The molecule has 0 atom stereocenters. The Hall–Kier alpha value is -1.69. The van der Waals surface area contributed by atoms with Crippen molar-refractivity contribution < 1.29 is 17.9 Å². The van der Waals surface area contributed by atoms with Crippen LogP contribution in [0.25, 0.3) is 0 Å². The normalized spacial score (nSPS) is 9.69. The van der Waals surface area contributed by atoms with Crippen molar-refractivity contribution >= 4 is 0 Å². The second-order valence-electron chi connectivity index (χ2n) is 2.02. The summed E-state index contributed by atoms with van der Waals surface area (Å²) in [7, 11) is 0.982. The third-order valence-corrected chi connectivity index (χ3v) is 1.11. The summed E-state index contributed by atoms with van der Waals surface area (Å²) in [4.78, 5) is 0. The summed E-state index contributed by atoms with van der Waals surface area (Å²) in [5, 5.41) is 16.5. The lowest BCUT2D eigenvalue weighted by Gasteiger charge is -2.08. The monoisotopic (exact) mass is 190 g/mol. The number of alkyl halides is 3. The summed E-state index contributed by atoms with van der Waals surface area (Å²) in [5.41, 5.74) is -0.653. The van der Waals surface area contributed by atoms with Crippen LogP contribution in [0.5, 0.6) is 0 Å². The van der Waals surface area contributed by atoms with Crippen LogP contribution in [0.1, 0.15) is 6.42 Å². The fourth-order valence-corrected chi connectivity index (χ4v) is 0.594. The average Bonchev–Trinajstić information content (AvgIpc) is 2.02. The second kappa shape index (κ2) is 4.36. The lowest BCUT2D eigenvalue weighted by molar-refractivity contribution is -0.133. The molecular weight excluding hydrogens is 185 g/mol. The lowest BCUT2D eigenvalue weighted by Crippen LogP contribution is -2.10. The number of ether oxygens (including phenoxy) is 1. The van der Waals surface area contributed by atoms with Gasteiger partial charge in [0.2, 0.25) is 0 Å². The summed E-state index contributed by atoms with van der Waals surface area (Å²) in [6.07, 6.45) is -5.88. The molecule has 70 valence electrons. The van der Waals surface area contributed by atoms with E-state index in [1.807, 2.05) is 0 Å². The molecular formula is C7H5F3N2O. The van der Waals surface area contributed by atoms with Gasteiger partial charge in [0.15, 0.2) is 5.57 Å². The van der Waals surface area contributed by atoms with E-state index in [0.29, 0.717) is 0 Å². The molecule has 0 spiro atoms. The van der Waals surface area contributed by atoms with Crippen LogP contribution in [-0.2, 0) is 4.74 Å². The van der Waals surface area contributed by atoms with Crippen LogP contribution in [0.15, 0.2) is 11.3 Å². The Labute approximate surface area is 72.6 Å². The van der Waals surface area contributed by atoms with Crippen molar-refractivity contribution in [2.45, 2.75) is 12.6 Å². The molecule has 0 aromatic rings. The standard InChI is InChI=1S/C7H5F3N2O/c1-13-6(2-7(8,9)10)5(3-11)4-12/h2H2,1H3. The van der Waals surface area contributed by atoms with Crippen molar-refractivity contribution in [2.75, 3.05) is 7.11 Å². The van der Waals surface area contributed by atoms with Crippen molar-refractivity contribution in [1.29, 1.82) is 10.5 Å². The van der Waals surface area contributed by atoms with E-state index in [-0.39, 0.29) is 0 Å². The third-order valence-electron chi connectivity index (χ3n) is 1.11. The quantitative estimate of drug-likeness (QED) is 0.493. The molecule has 0 aromatic heterocycles. The molecule has 0 fully saturated rings. The molecule has 0 amide bonds. The van der Waals surface area contributed by atoms with Crippen molar-refractivity contribution in [2.24, 2.45) is 0 Å². The Morgan fingerprint density at radius 2 is 1.77 bits per heavy atom. The second-order valence-corrected chi connectivity index (χ2v) is 2.02. The molecule has 0 radical (unpaired) electrons. The van der Waals surface area contributed by atoms with Crippen LogP contribution in [0.4, 0.5) is 13.2 Å². The average molecular weight is 190 g/mol. The molecule has 0 aliphatic carbocycles. The van der Waals surface area contributed by atoms with Gasteiger partial charge in [-0.25, -0.2) is 0 Å². The zero-order valence-electron chi connectivity index (χ0n) is 6.64. The van der Waals surface area contributed by atoms with Gasteiger partial charge in [-0.3, -0.25) is 0 Å². The summed E-state index contributed by atoms with van der Waals surface area (Å²) in [5.74, 6) is -0.655. The summed E-state index contributed by atoms with van der Waals surface area (Å²) >= 11 is 0. The van der Waals surface area contributed by atoms with Crippen molar-refractivity contribution in [3.05, 3.63) is 11.3 Å². The van der Waals surface area contributed by atoms with Crippen LogP contribution in [0.3, 0.4) is 0 Å². The van der Waals surface area contributed by atoms with Gasteiger partial charge in [-0.15, -0.1) is 0 Å². The Balaban J connectivity index is 4.84. The molecule has 13 heavy (non-hydrogen) atoms. The molecule has 0 aromatic carbocycles. The van der Waals surface area contributed by atoms with Gasteiger partial charge in [0.1, 0.15) is 24.3 Å². The van der Waals surface area contributed by atoms with Gasteiger partial charge in [-0.1, -0.05) is 0 Å². The van der Waals surface area contributed by atoms with Gasteiger partial charge >= 0.3 is 6.18 Å². The van der Waals surface area contributed by atoms with Crippen LogP contribution in [-0.4, -0.2) is 13.3 Å². The summed E-state index contributed by atoms with van der Waals surface area (Å²) in [6.45, 7) is 0. The number of hydrogen-bond donors (Lipinski definition) is 0. The molecule has 0 aliphatic rings. The van der Waals surface area contributed by atoms with Gasteiger partial charge in [0.05, 0.1) is 7.11 Å². The van der Waals surface area contributed by atoms with Gasteiger partial charge in [-0.05, 0) is 0 Å². The number of hydrogen-bond acceptors (Lipinski definition) is 3. The highest BCUT2D eigenvalue weighted by molar-refractivity contribution is 5.38. The maximum absolute atomic E-state index is 11.8. The molecule has 3 nitrogen and oxygen atoms in total. The first-order valence-corrected chi connectivity index (χ1v) is 3.08. The Kier molecular flexibility index (Phi) is 3.80. The first kappa shape index (κ1) is 11.3.